The van der Waals surface area contributed by atoms with Crippen LogP contribution in [0.1, 0.15) is 6.92 Å². The number of nitrogens with zero attached hydrogens (tertiary/aromatic N) is 1. The molecule has 6 heteroatoms. The van der Waals surface area contributed by atoms with E-state index in [2.05, 4.69) is 10.3 Å². The number of H-pyrrole nitrogens is 1. The first-order chi connectivity index (χ1) is 10.5. The molecule has 2 N–H and O–H groups in total. The predicted molar refractivity (Wildman–Crippen MR) is 84.7 cm³/mol. The summed E-state index contributed by atoms with van der Waals surface area (Å²) >= 11 is 0. The molecule has 0 radical (unpaired) electrons. The second-order valence-electron chi connectivity index (χ2n) is 4.97. The minimum Gasteiger partial charge on any atom is -0.354 e. The highest BCUT2D eigenvalue weighted by molar-refractivity contribution is 5.90. The van der Waals surface area contributed by atoms with Crippen LogP contribution >= 0.6 is 0 Å². The lowest BCUT2D eigenvalue weighted by Gasteiger charge is -2.03. The van der Waals surface area contributed by atoms with Crippen LogP contribution in [0.3, 0.4) is 0 Å². The molecule has 0 atom stereocenters. The van der Waals surface area contributed by atoms with E-state index in [0.717, 1.165) is 27.8 Å². The van der Waals surface area contributed by atoms with E-state index in [1.165, 1.54) is 19.1 Å². The van der Waals surface area contributed by atoms with Gasteiger partial charge in [0.2, 0.25) is 5.91 Å². The molecule has 6 nitrogen and oxygen atoms in total. The first kappa shape index (κ1) is 13.8. The normalized spacial score (nSPS) is 10.6. The molecular formula is C16H13N3O3. The average molecular weight is 295 g/mol. The van der Waals surface area contributed by atoms with Gasteiger partial charge in [0, 0.05) is 35.8 Å². The number of rotatable bonds is 3. The van der Waals surface area contributed by atoms with E-state index in [-0.39, 0.29) is 11.6 Å². The zero-order valence-corrected chi connectivity index (χ0v) is 11.8. The Morgan fingerprint density at radius 3 is 2.50 bits per heavy atom. The van der Waals surface area contributed by atoms with Gasteiger partial charge in [0.05, 0.1) is 10.4 Å². The minimum absolute atomic E-state index is 0.0573. The summed E-state index contributed by atoms with van der Waals surface area (Å²) in [6, 6.07) is 14.0. The standard InChI is InChI=1S/C16H13N3O3/c1-10(20)17-13-5-2-11(3-6-13)15-8-12-4-7-14(19(21)22)9-16(12)18-15/h2-9,18H,1H3,(H,17,20). The van der Waals surface area contributed by atoms with Crippen LogP contribution in [0.15, 0.2) is 48.5 Å². The molecule has 0 bridgehead atoms. The zero-order chi connectivity index (χ0) is 15.7. The Morgan fingerprint density at radius 1 is 1.14 bits per heavy atom. The minimum atomic E-state index is -0.415. The van der Waals surface area contributed by atoms with E-state index >= 15 is 0 Å². The Labute approximate surface area is 125 Å². The van der Waals surface area contributed by atoms with Crippen molar-refractivity contribution < 1.29 is 9.72 Å². The maximum atomic E-state index is 11.0. The number of hydrogen-bond donors (Lipinski definition) is 2. The number of anilines is 1. The number of aromatic nitrogens is 1. The molecule has 0 saturated carbocycles. The van der Waals surface area contributed by atoms with E-state index < -0.39 is 4.92 Å². The summed E-state index contributed by atoms with van der Waals surface area (Å²) in [6.07, 6.45) is 0. The van der Waals surface area contributed by atoms with Gasteiger partial charge in [-0.05, 0) is 29.8 Å². The average Bonchev–Trinajstić information content (AvgIpc) is 2.90. The lowest BCUT2D eigenvalue weighted by molar-refractivity contribution is -0.384. The van der Waals surface area contributed by atoms with Crippen molar-refractivity contribution >= 4 is 28.2 Å². The Balaban J connectivity index is 1.95. The number of hydrogen-bond acceptors (Lipinski definition) is 3. The van der Waals surface area contributed by atoms with Gasteiger partial charge in [-0.2, -0.15) is 0 Å². The summed E-state index contributed by atoms with van der Waals surface area (Å²) in [5.41, 5.74) is 3.30. The van der Waals surface area contributed by atoms with Crippen LogP contribution < -0.4 is 5.32 Å². The summed E-state index contributed by atoms with van der Waals surface area (Å²) in [5.74, 6) is -0.120. The molecule has 0 aliphatic carbocycles. The van der Waals surface area contributed by atoms with E-state index in [1.54, 1.807) is 6.07 Å². The molecule has 3 rings (SSSR count). The molecule has 0 aliphatic heterocycles. The molecule has 0 saturated heterocycles. The van der Waals surface area contributed by atoms with Crippen LogP contribution in [0.5, 0.6) is 0 Å². The van der Waals surface area contributed by atoms with Crippen molar-refractivity contribution in [2.45, 2.75) is 6.92 Å². The smallest absolute Gasteiger partial charge is 0.271 e. The van der Waals surface area contributed by atoms with Gasteiger partial charge in [0.1, 0.15) is 0 Å². The van der Waals surface area contributed by atoms with Gasteiger partial charge < -0.3 is 10.3 Å². The summed E-state index contributed by atoms with van der Waals surface area (Å²) in [7, 11) is 0. The maximum Gasteiger partial charge on any atom is 0.271 e. The first-order valence-corrected chi connectivity index (χ1v) is 6.68. The van der Waals surface area contributed by atoms with Crippen molar-refractivity contribution in [3.63, 3.8) is 0 Å². The topological polar surface area (TPSA) is 88.0 Å². The summed E-state index contributed by atoms with van der Waals surface area (Å²) < 4.78 is 0. The van der Waals surface area contributed by atoms with Crippen LogP contribution in [0, 0.1) is 10.1 Å². The van der Waals surface area contributed by atoms with Crippen molar-refractivity contribution in [1.82, 2.24) is 4.98 Å². The largest absolute Gasteiger partial charge is 0.354 e. The van der Waals surface area contributed by atoms with Crippen molar-refractivity contribution in [3.8, 4) is 11.3 Å². The van der Waals surface area contributed by atoms with Gasteiger partial charge in [-0.1, -0.05) is 12.1 Å². The third-order valence-electron chi connectivity index (χ3n) is 3.33. The number of amides is 1. The molecule has 2 aromatic carbocycles. The highest BCUT2D eigenvalue weighted by Gasteiger charge is 2.09. The molecule has 1 heterocycles. The quantitative estimate of drug-likeness (QED) is 0.570. The number of fused-ring (bicyclic) bond motifs is 1. The van der Waals surface area contributed by atoms with E-state index in [9.17, 15) is 14.9 Å². The number of non-ortho nitro benzene ring substituents is 1. The van der Waals surface area contributed by atoms with E-state index in [4.69, 9.17) is 0 Å². The fourth-order valence-electron chi connectivity index (χ4n) is 2.32. The summed E-state index contributed by atoms with van der Waals surface area (Å²) in [6.45, 7) is 1.46. The maximum absolute atomic E-state index is 11.0. The van der Waals surface area contributed by atoms with Crippen LogP contribution in [-0.4, -0.2) is 15.8 Å². The molecule has 0 fully saturated rings. The van der Waals surface area contributed by atoms with Crippen LogP contribution in [0.25, 0.3) is 22.2 Å². The third-order valence-corrected chi connectivity index (χ3v) is 3.33. The SMILES string of the molecule is CC(=O)Nc1ccc(-c2cc3ccc([N+](=O)[O-])cc3[nH]2)cc1. The Hall–Kier alpha value is -3.15. The number of nitro groups is 1. The second kappa shape index (κ2) is 5.33. The molecule has 110 valence electrons. The Morgan fingerprint density at radius 2 is 1.86 bits per heavy atom. The molecule has 0 spiro atoms. The lowest BCUT2D eigenvalue weighted by atomic mass is 10.1. The molecule has 1 amide bonds. The van der Waals surface area contributed by atoms with Gasteiger partial charge in [-0.3, -0.25) is 14.9 Å². The second-order valence-corrected chi connectivity index (χ2v) is 4.97. The lowest BCUT2D eigenvalue weighted by Crippen LogP contribution is -2.05. The highest BCUT2D eigenvalue weighted by Crippen LogP contribution is 2.27. The van der Waals surface area contributed by atoms with Crippen molar-refractivity contribution in [3.05, 3.63) is 58.6 Å². The van der Waals surface area contributed by atoms with Crippen LogP contribution in [0.2, 0.25) is 0 Å². The number of nitrogens with one attached hydrogen (secondary N) is 2. The van der Waals surface area contributed by atoms with Crippen LogP contribution in [-0.2, 0) is 4.79 Å². The number of carbonyl (C=O) groups excluding carboxylic acids is 1. The Kier molecular flexibility index (Phi) is 3.34. The fourth-order valence-corrected chi connectivity index (χ4v) is 2.32. The number of carbonyl (C=O) groups is 1. The highest BCUT2D eigenvalue weighted by atomic mass is 16.6. The first-order valence-electron chi connectivity index (χ1n) is 6.68. The zero-order valence-electron chi connectivity index (χ0n) is 11.8. The van der Waals surface area contributed by atoms with Crippen molar-refractivity contribution in [1.29, 1.82) is 0 Å². The van der Waals surface area contributed by atoms with Crippen molar-refractivity contribution in [2.24, 2.45) is 0 Å². The molecule has 0 aliphatic rings. The monoisotopic (exact) mass is 295 g/mol. The van der Waals surface area contributed by atoms with Gasteiger partial charge >= 0.3 is 0 Å². The number of benzene rings is 2. The molecular weight excluding hydrogens is 282 g/mol. The van der Waals surface area contributed by atoms with Gasteiger partial charge in [0.25, 0.3) is 5.69 Å². The van der Waals surface area contributed by atoms with E-state index in [1.807, 2.05) is 30.3 Å². The van der Waals surface area contributed by atoms with Crippen LogP contribution in [0.4, 0.5) is 11.4 Å². The number of nitro benzene ring substituents is 1. The fraction of sp³-hybridized carbons (Fsp3) is 0.0625. The predicted octanol–water partition coefficient (Wildman–Crippen LogP) is 3.70. The molecule has 3 aromatic rings. The van der Waals surface area contributed by atoms with Gasteiger partial charge in [-0.15, -0.1) is 0 Å². The molecule has 22 heavy (non-hydrogen) atoms. The Bertz CT molecular complexity index is 866. The molecule has 1 aromatic heterocycles. The number of aromatic amines is 1. The van der Waals surface area contributed by atoms with E-state index in [0.29, 0.717) is 0 Å². The summed E-state index contributed by atoms with van der Waals surface area (Å²) in [4.78, 5) is 24.6. The van der Waals surface area contributed by atoms with Gasteiger partial charge in [0.15, 0.2) is 0 Å². The summed E-state index contributed by atoms with van der Waals surface area (Å²) in [5, 5.41) is 14.4. The van der Waals surface area contributed by atoms with Crippen molar-refractivity contribution in [2.75, 3.05) is 5.32 Å². The van der Waals surface area contributed by atoms with Gasteiger partial charge in [-0.25, -0.2) is 0 Å². The molecule has 0 unspecified atom stereocenters. The third kappa shape index (κ3) is 2.67.